The first-order valence-corrected chi connectivity index (χ1v) is 14.3. The number of likely N-dealkylation sites (N-methyl/N-ethyl adjacent to an activating group) is 1. The van der Waals surface area contributed by atoms with E-state index in [9.17, 15) is 14.4 Å². The fourth-order valence-corrected chi connectivity index (χ4v) is 5.14. The molecule has 1 saturated heterocycles. The lowest BCUT2D eigenvalue weighted by atomic mass is 10.0. The summed E-state index contributed by atoms with van der Waals surface area (Å²) in [6.45, 7) is 6.78. The maximum Gasteiger partial charge on any atom is 0.246 e. The maximum atomic E-state index is 13.0. The monoisotopic (exact) mass is 577 g/mol. The van der Waals surface area contributed by atoms with Crippen LogP contribution in [0.1, 0.15) is 40.8 Å². The highest BCUT2D eigenvalue weighted by atomic mass is 16.5. The molecule has 9 nitrogen and oxygen atoms in total. The molecule has 220 valence electrons. The molecule has 0 bridgehead atoms. The molecular weight excluding hydrogens is 542 g/mol. The number of aryl methyl sites for hydroxylation is 2. The molecule has 2 aromatic heterocycles. The highest BCUT2D eigenvalue weighted by Gasteiger charge is 2.22. The Bertz CT molecular complexity index is 1710. The predicted octanol–water partition coefficient (Wildman–Crippen LogP) is 5.05. The van der Waals surface area contributed by atoms with Crippen LogP contribution in [0.3, 0.4) is 0 Å². The van der Waals surface area contributed by atoms with Crippen LogP contribution in [0, 0.1) is 20.8 Å². The summed E-state index contributed by atoms with van der Waals surface area (Å²) in [5.74, 6) is 0.743. The van der Waals surface area contributed by atoms with Gasteiger partial charge in [0, 0.05) is 49.1 Å². The third-order valence-electron chi connectivity index (χ3n) is 7.70. The van der Waals surface area contributed by atoms with Gasteiger partial charge in [-0.25, -0.2) is 9.97 Å². The Morgan fingerprint density at radius 2 is 1.91 bits per heavy atom. The molecule has 1 N–H and O–H groups in total. The molecule has 43 heavy (non-hydrogen) atoms. The fraction of sp³-hybridized carbons (Fsp3) is 0.265. The minimum atomic E-state index is -0.394. The van der Waals surface area contributed by atoms with Crippen molar-refractivity contribution in [3.05, 3.63) is 94.8 Å². The molecule has 0 spiro atoms. The number of benzene rings is 2. The lowest BCUT2D eigenvalue weighted by Gasteiger charge is -2.23. The highest BCUT2D eigenvalue weighted by Crippen LogP contribution is 2.29. The van der Waals surface area contributed by atoms with Gasteiger partial charge < -0.3 is 15.0 Å². The van der Waals surface area contributed by atoms with Crippen molar-refractivity contribution in [2.24, 2.45) is 0 Å². The van der Waals surface area contributed by atoms with E-state index in [1.54, 1.807) is 41.3 Å². The first-order chi connectivity index (χ1) is 20.7. The summed E-state index contributed by atoms with van der Waals surface area (Å²) in [4.78, 5) is 49.6. The Morgan fingerprint density at radius 3 is 2.65 bits per heavy atom. The lowest BCUT2D eigenvalue weighted by Crippen LogP contribution is -2.38. The van der Waals surface area contributed by atoms with Crippen molar-refractivity contribution in [3.63, 3.8) is 0 Å². The minimum Gasteiger partial charge on any atom is -0.487 e. The van der Waals surface area contributed by atoms with Crippen LogP contribution < -0.4 is 19.9 Å². The topological polar surface area (TPSA) is 105 Å². The average Bonchev–Trinajstić information content (AvgIpc) is 3.44. The van der Waals surface area contributed by atoms with Gasteiger partial charge in [-0.15, -0.1) is 0 Å². The largest absolute Gasteiger partial charge is 0.487 e. The van der Waals surface area contributed by atoms with Gasteiger partial charge in [-0.1, -0.05) is 24.3 Å². The van der Waals surface area contributed by atoms with Crippen molar-refractivity contribution in [1.29, 1.82) is 0 Å². The van der Waals surface area contributed by atoms with Gasteiger partial charge in [0.2, 0.25) is 17.7 Å². The molecule has 3 heterocycles. The second-order valence-electron chi connectivity index (χ2n) is 10.7. The summed E-state index contributed by atoms with van der Waals surface area (Å²) >= 11 is 0. The van der Waals surface area contributed by atoms with E-state index in [0.29, 0.717) is 36.7 Å². The zero-order valence-electron chi connectivity index (χ0n) is 24.9. The summed E-state index contributed by atoms with van der Waals surface area (Å²) < 4.78 is 6.24. The number of fused-ring (bicyclic) bond motifs is 1. The predicted molar refractivity (Wildman–Crippen MR) is 168 cm³/mol. The van der Waals surface area contributed by atoms with Crippen LogP contribution in [0.2, 0.25) is 0 Å². The van der Waals surface area contributed by atoms with Gasteiger partial charge in [0.25, 0.3) is 0 Å². The Kier molecular flexibility index (Phi) is 8.80. The number of carbonyl (C=O) groups is 3. The Morgan fingerprint density at radius 1 is 1.07 bits per heavy atom. The van der Waals surface area contributed by atoms with Gasteiger partial charge in [-0.05, 0) is 85.9 Å². The molecule has 1 fully saturated rings. The van der Waals surface area contributed by atoms with Crippen molar-refractivity contribution in [2.75, 3.05) is 29.9 Å². The van der Waals surface area contributed by atoms with Gasteiger partial charge in [-0.2, -0.15) is 0 Å². The molecule has 0 saturated carbocycles. The van der Waals surface area contributed by atoms with Crippen LogP contribution in [0.15, 0.2) is 66.9 Å². The van der Waals surface area contributed by atoms with Crippen molar-refractivity contribution in [3.8, 4) is 5.75 Å². The number of carbonyl (C=O) groups excluding carboxylic acids is 3. The maximum absolute atomic E-state index is 13.0. The molecular formula is C34H35N5O4. The number of nitrogens with zero attached hydrogens (tertiary/aromatic N) is 4. The van der Waals surface area contributed by atoms with Crippen LogP contribution in [0.4, 0.5) is 11.5 Å². The molecule has 0 atom stereocenters. The van der Waals surface area contributed by atoms with Crippen molar-refractivity contribution < 1.29 is 19.1 Å². The van der Waals surface area contributed by atoms with Gasteiger partial charge in [0.05, 0.1) is 6.54 Å². The molecule has 4 aromatic rings. The van der Waals surface area contributed by atoms with Crippen LogP contribution >= 0.6 is 0 Å². The van der Waals surface area contributed by atoms with Gasteiger partial charge in [0.1, 0.15) is 23.7 Å². The van der Waals surface area contributed by atoms with Crippen LogP contribution in [0.5, 0.6) is 5.75 Å². The average molecular weight is 578 g/mol. The normalized spacial score (nSPS) is 13.1. The van der Waals surface area contributed by atoms with Crippen molar-refractivity contribution >= 4 is 46.2 Å². The van der Waals surface area contributed by atoms with Crippen molar-refractivity contribution in [2.45, 2.75) is 40.2 Å². The Hall–Kier alpha value is -5.05. The second-order valence-corrected chi connectivity index (χ2v) is 10.7. The first-order valence-electron chi connectivity index (χ1n) is 14.3. The van der Waals surface area contributed by atoms with E-state index in [-0.39, 0.29) is 18.4 Å². The molecule has 5 rings (SSSR count). The smallest absolute Gasteiger partial charge is 0.246 e. The minimum absolute atomic E-state index is 0.0729. The molecule has 1 aliphatic rings. The first kappa shape index (κ1) is 29.4. The van der Waals surface area contributed by atoms with Gasteiger partial charge in [-0.3, -0.25) is 19.3 Å². The van der Waals surface area contributed by atoms with E-state index in [2.05, 4.69) is 15.3 Å². The fourth-order valence-electron chi connectivity index (χ4n) is 5.14. The van der Waals surface area contributed by atoms with Crippen LogP contribution in [-0.2, 0) is 21.0 Å². The molecule has 3 amide bonds. The highest BCUT2D eigenvalue weighted by molar-refractivity contribution is 5.99. The summed E-state index contributed by atoms with van der Waals surface area (Å²) in [5, 5.41) is 3.67. The van der Waals surface area contributed by atoms with E-state index in [4.69, 9.17) is 4.74 Å². The molecule has 2 aromatic carbocycles. The number of para-hydroxylation sites is 1. The number of anilines is 2. The molecule has 0 unspecified atom stereocenters. The zero-order valence-corrected chi connectivity index (χ0v) is 24.9. The number of aromatic nitrogens is 2. The molecule has 0 aliphatic carbocycles. The summed E-state index contributed by atoms with van der Waals surface area (Å²) in [5.41, 5.74) is 6.17. The third-order valence-corrected chi connectivity index (χ3v) is 7.70. The van der Waals surface area contributed by atoms with Gasteiger partial charge in [0.15, 0.2) is 0 Å². The van der Waals surface area contributed by atoms with E-state index in [1.807, 2.05) is 63.2 Å². The van der Waals surface area contributed by atoms with E-state index >= 15 is 0 Å². The molecule has 1 aliphatic heterocycles. The summed E-state index contributed by atoms with van der Waals surface area (Å²) in [7, 11) is 1.70. The Balaban J connectivity index is 1.19. The molecule has 0 radical (unpaired) electrons. The third kappa shape index (κ3) is 6.72. The SMILES string of the molecule is Cc1ccc2cccc(OCc3c(C)ccc(N(C)C(=O)CNC(=O)C=Cc4ccc(N5CCCC5=O)nc4)c3C)c2n1. The number of rotatable bonds is 9. The van der Waals surface area contributed by atoms with Crippen LogP contribution in [0.25, 0.3) is 17.0 Å². The van der Waals surface area contributed by atoms with Gasteiger partial charge >= 0.3 is 0 Å². The summed E-state index contributed by atoms with van der Waals surface area (Å²) in [6, 6.07) is 17.3. The number of nitrogens with one attached hydrogen (secondary N) is 1. The number of pyridine rings is 2. The standard InChI is InChI=1S/C34H35N5O4/c1-22-10-15-28(24(3)27(22)21-43-29-8-5-7-26-14-11-23(2)37-34(26)29)38(4)33(42)20-36-31(40)17-13-25-12-16-30(35-19-25)39-18-6-9-32(39)41/h5,7-8,10-17,19H,6,9,18,20-21H2,1-4H3,(H,36,40). The van der Waals surface area contributed by atoms with E-state index in [0.717, 1.165) is 45.4 Å². The zero-order chi connectivity index (χ0) is 30.5. The molecule has 9 heteroatoms. The number of ether oxygens (including phenoxy) is 1. The number of amides is 3. The van der Waals surface area contributed by atoms with Crippen molar-refractivity contribution in [1.82, 2.24) is 15.3 Å². The number of hydrogen-bond acceptors (Lipinski definition) is 6. The quantitative estimate of drug-likeness (QED) is 0.279. The number of hydrogen-bond donors (Lipinski definition) is 1. The second kappa shape index (κ2) is 12.9. The van der Waals surface area contributed by atoms with E-state index in [1.165, 1.54) is 6.08 Å². The Labute approximate surface area is 251 Å². The lowest BCUT2D eigenvalue weighted by molar-refractivity contribution is -0.122. The van der Waals surface area contributed by atoms with Crippen LogP contribution in [-0.4, -0.2) is 47.8 Å². The van der Waals surface area contributed by atoms with E-state index < -0.39 is 5.91 Å². The summed E-state index contributed by atoms with van der Waals surface area (Å²) in [6.07, 6.45) is 5.97.